The van der Waals surface area contributed by atoms with E-state index in [0.717, 1.165) is 12.8 Å². The first-order chi connectivity index (χ1) is 8.15. The molecule has 0 saturated carbocycles. The number of hydrogen-bond donors (Lipinski definition) is 1. The van der Waals surface area contributed by atoms with Gasteiger partial charge in [0.25, 0.3) is 0 Å². The third kappa shape index (κ3) is 4.59. The Balaban J connectivity index is 2.43. The molecule has 17 heavy (non-hydrogen) atoms. The van der Waals surface area contributed by atoms with E-state index in [0.29, 0.717) is 5.56 Å². The molecule has 1 aromatic rings. The molecule has 1 N–H and O–H groups in total. The van der Waals surface area contributed by atoms with E-state index in [2.05, 4.69) is 6.92 Å². The molecular weight excluding hydrogens is 212 g/mol. The van der Waals surface area contributed by atoms with Crippen LogP contribution >= 0.6 is 0 Å². The molecule has 0 bridgehead atoms. The molecule has 0 spiro atoms. The second-order valence-corrected chi connectivity index (χ2v) is 4.66. The molecule has 1 unspecified atom stereocenters. The molecule has 1 atom stereocenters. The van der Waals surface area contributed by atoms with Crippen LogP contribution in [0.4, 0.5) is 0 Å². The summed E-state index contributed by atoms with van der Waals surface area (Å²) in [4.78, 5) is 12.0. The van der Waals surface area contributed by atoms with Gasteiger partial charge in [-0.3, -0.25) is 4.79 Å². The highest BCUT2D eigenvalue weighted by molar-refractivity contribution is 5.97. The van der Waals surface area contributed by atoms with E-state index < -0.39 is 0 Å². The van der Waals surface area contributed by atoms with E-state index in [1.165, 1.54) is 19.3 Å². The molecule has 0 fully saturated rings. The van der Waals surface area contributed by atoms with Gasteiger partial charge in [-0.2, -0.15) is 0 Å². The minimum absolute atomic E-state index is 0.0800. The van der Waals surface area contributed by atoms with Gasteiger partial charge in [-0.15, -0.1) is 0 Å². The molecule has 2 heteroatoms. The van der Waals surface area contributed by atoms with Crippen LogP contribution in [-0.2, 0) is 0 Å². The lowest BCUT2D eigenvalue weighted by atomic mass is 9.94. The summed E-state index contributed by atoms with van der Waals surface area (Å²) in [5, 5.41) is 9.17. The minimum Gasteiger partial charge on any atom is -0.508 e. The number of rotatable bonds is 7. The Morgan fingerprint density at radius 2 is 1.82 bits per heavy atom. The smallest absolute Gasteiger partial charge is 0.165 e. The normalized spacial score (nSPS) is 12.4. The average Bonchev–Trinajstić information content (AvgIpc) is 2.34. The number of ketones is 1. The molecule has 2 nitrogen and oxygen atoms in total. The molecule has 0 saturated heterocycles. The zero-order chi connectivity index (χ0) is 12.7. The highest BCUT2D eigenvalue weighted by Gasteiger charge is 2.14. The Kier molecular flexibility index (Phi) is 5.75. The lowest BCUT2D eigenvalue weighted by Crippen LogP contribution is -2.11. The predicted octanol–water partition coefficient (Wildman–Crippen LogP) is 4.18. The van der Waals surface area contributed by atoms with Crippen LogP contribution in [0.25, 0.3) is 0 Å². The summed E-state index contributed by atoms with van der Waals surface area (Å²) >= 11 is 0. The van der Waals surface area contributed by atoms with Crippen molar-refractivity contribution in [1.29, 1.82) is 0 Å². The van der Waals surface area contributed by atoms with Crippen LogP contribution in [-0.4, -0.2) is 10.9 Å². The van der Waals surface area contributed by atoms with Gasteiger partial charge in [-0.1, -0.05) is 39.5 Å². The number of unbranched alkanes of at least 4 members (excludes halogenated alkanes) is 3. The summed E-state index contributed by atoms with van der Waals surface area (Å²) in [5.41, 5.74) is 0.700. The van der Waals surface area contributed by atoms with Crippen LogP contribution in [0, 0.1) is 5.92 Å². The topological polar surface area (TPSA) is 37.3 Å². The summed E-state index contributed by atoms with van der Waals surface area (Å²) in [6.45, 7) is 4.17. The molecule has 0 aliphatic rings. The maximum absolute atomic E-state index is 12.0. The molecule has 0 aliphatic heterocycles. The van der Waals surface area contributed by atoms with Crippen LogP contribution in [0.15, 0.2) is 24.3 Å². The van der Waals surface area contributed by atoms with Gasteiger partial charge in [0.05, 0.1) is 0 Å². The first-order valence-corrected chi connectivity index (χ1v) is 6.48. The molecule has 1 aromatic carbocycles. The van der Waals surface area contributed by atoms with Crippen molar-refractivity contribution in [2.24, 2.45) is 5.92 Å². The van der Waals surface area contributed by atoms with E-state index in [1.54, 1.807) is 24.3 Å². The zero-order valence-corrected chi connectivity index (χ0v) is 10.8. The van der Waals surface area contributed by atoms with Crippen molar-refractivity contribution in [3.05, 3.63) is 29.8 Å². The van der Waals surface area contributed by atoms with E-state index in [4.69, 9.17) is 5.11 Å². The molecular formula is C15H22O2. The maximum atomic E-state index is 12.0. The molecule has 0 aromatic heterocycles. The first-order valence-electron chi connectivity index (χ1n) is 6.48. The third-order valence-electron chi connectivity index (χ3n) is 3.09. The second-order valence-electron chi connectivity index (χ2n) is 4.66. The number of benzene rings is 1. The average molecular weight is 234 g/mol. The molecule has 0 radical (unpaired) electrons. The van der Waals surface area contributed by atoms with Gasteiger partial charge in [-0.25, -0.2) is 0 Å². The first kappa shape index (κ1) is 13.8. The molecule has 94 valence electrons. The molecule has 0 amide bonds. The van der Waals surface area contributed by atoms with Crippen molar-refractivity contribution in [1.82, 2.24) is 0 Å². The van der Waals surface area contributed by atoms with E-state index >= 15 is 0 Å². The summed E-state index contributed by atoms with van der Waals surface area (Å²) in [6, 6.07) is 6.52. The zero-order valence-electron chi connectivity index (χ0n) is 10.8. The summed E-state index contributed by atoms with van der Waals surface area (Å²) in [6.07, 6.45) is 5.77. The largest absolute Gasteiger partial charge is 0.508 e. The summed E-state index contributed by atoms with van der Waals surface area (Å²) in [5.74, 6) is 0.468. The maximum Gasteiger partial charge on any atom is 0.165 e. The Morgan fingerprint density at radius 3 is 2.41 bits per heavy atom. The number of hydrogen-bond acceptors (Lipinski definition) is 2. The van der Waals surface area contributed by atoms with Crippen molar-refractivity contribution >= 4 is 5.78 Å². The Bertz CT molecular complexity index is 340. The fourth-order valence-electron chi connectivity index (χ4n) is 1.92. The third-order valence-corrected chi connectivity index (χ3v) is 3.09. The van der Waals surface area contributed by atoms with Gasteiger partial charge in [-0.05, 0) is 30.7 Å². The molecule has 0 aliphatic carbocycles. The predicted molar refractivity (Wildman–Crippen MR) is 70.4 cm³/mol. The summed E-state index contributed by atoms with van der Waals surface area (Å²) in [7, 11) is 0. The van der Waals surface area contributed by atoms with Crippen LogP contribution < -0.4 is 0 Å². The van der Waals surface area contributed by atoms with Crippen molar-refractivity contribution in [2.75, 3.05) is 0 Å². The van der Waals surface area contributed by atoms with Crippen LogP contribution in [0.1, 0.15) is 56.3 Å². The van der Waals surface area contributed by atoms with Crippen LogP contribution in [0.3, 0.4) is 0 Å². The van der Waals surface area contributed by atoms with Crippen molar-refractivity contribution in [2.45, 2.75) is 46.0 Å². The van der Waals surface area contributed by atoms with E-state index in [-0.39, 0.29) is 17.5 Å². The number of phenols is 1. The van der Waals surface area contributed by atoms with Crippen molar-refractivity contribution in [3.8, 4) is 5.75 Å². The SMILES string of the molecule is CCCCCCC(C)C(=O)c1ccc(O)cc1. The van der Waals surface area contributed by atoms with Gasteiger partial charge in [0.1, 0.15) is 5.75 Å². The van der Waals surface area contributed by atoms with E-state index in [1.807, 2.05) is 6.92 Å². The Hall–Kier alpha value is -1.31. The highest BCUT2D eigenvalue weighted by Crippen LogP contribution is 2.18. The summed E-state index contributed by atoms with van der Waals surface area (Å²) < 4.78 is 0. The van der Waals surface area contributed by atoms with Gasteiger partial charge in [0.15, 0.2) is 5.78 Å². The second kappa shape index (κ2) is 7.10. The number of phenolic OH excluding ortho intramolecular Hbond substituents is 1. The van der Waals surface area contributed by atoms with Crippen molar-refractivity contribution < 1.29 is 9.90 Å². The van der Waals surface area contributed by atoms with Crippen molar-refractivity contribution in [3.63, 3.8) is 0 Å². The number of Topliss-reactive ketones (excluding diaryl/α,β-unsaturated/α-hetero) is 1. The highest BCUT2D eigenvalue weighted by atomic mass is 16.3. The fraction of sp³-hybridized carbons (Fsp3) is 0.533. The van der Waals surface area contributed by atoms with Crippen LogP contribution in [0.5, 0.6) is 5.75 Å². The monoisotopic (exact) mass is 234 g/mol. The molecule has 1 rings (SSSR count). The standard InChI is InChI=1S/C15H22O2/c1-3-4-5-6-7-12(2)15(17)13-8-10-14(16)11-9-13/h8-12,16H,3-7H2,1-2H3. The van der Waals surface area contributed by atoms with Crippen LogP contribution in [0.2, 0.25) is 0 Å². The Labute approximate surface area is 104 Å². The number of carbonyl (C=O) groups is 1. The quantitative estimate of drug-likeness (QED) is 0.567. The fourth-order valence-corrected chi connectivity index (χ4v) is 1.92. The van der Waals surface area contributed by atoms with Gasteiger partial charge in [0, 0.05) is 11.5 Å². The number of aromatic hydroxyl groups is 1. The number of carbonyl (C=O) groups excluding carboxylic acids is 1. The lowest BCUT2D eigenvalue weighted by molar-refractivity contribution is 0.0922. The molecule has 0 heterocycles. The van der Waals surface area contributed by atoms with Gasteiger partial charge < -0.3 is 5.11 Å². The van der Waals surface area contributed by atoms with E-state index in [9.17, 15) is 4.79 Å². The Morgan fingerprint density at radius 1 is 1.18 bits per heavy atom. The lowest BCUT2D eigenvalue weighted by Gasteiger charge is -2.10. The minimum atomic E-state index is 0.0800. The van der Waals surface area contributed by atoms with Gasteiger partial charge in [0.2, 0.25) is 0 Å². The van der Waals surface area contributed by atoms with Gasteiger partial charge >= 0.3 is 0 Å².